The molecule has 0 bridgehead atoms. The van der Waals surface area contributed by atoms with Crippen LogP contribution in [-0.2, 0) is 6.18 Å². The van der Waals surface area contributed by atoms with Crippen LogP contribution in [0.2, 0.25) is 0 Å². The van der Waals surface area contributed by atoms with Gasteiger partial charge in [0.25, 0.3) is 5.91 Å². The van der Waals surface area contributed by atoms with Gasteiger partial charge >= 0.3 is 6.18 Å². The van der Waals surface area contributed by atoms with Crippen LogP contribution in [-0.4, -0.2) is 38.5 Å². The standard InChI is InChI=1S/C18H14BrF3N4O/c19-12-5-3-11(4-6-12)13-9-15(18(20,21)22)26-16(23-13)10-14(24-26)17(27)25-7-1-2-8-25/h3-6,9-10H,1-2,7-8H2. The summed E-state index contributed by atoms with van der Waals surface area (Å²) in [7, 11) is 0. The van der Waals surface area contributed by atoms with E-state index in [4.69, 9.17) is 0 Å². The number of halogens is 4. The Morgan fingerprint density at radius 3 is 2.37 bits per heavy atom. The number of aromatic nitrogens is 3. The topological polar surface area (TPSA) is 50.5 Å². The first kappa shape index (κ1) is 18.0. The smallest absolute Gasteiger partial charge is 0.337 e. The second kappa shape index (κ2) is 6.63. The first-order valence-electron chi connectivity index (χ1n) is 8.36. The molecule has 27 heavy (non-hydrogen) atoms. The lowest BCUT2D eigenvalue weighted by molar-refractivity contribution is -0.142. The minimum atomic E-state index is -4.63. The van der Waals surface area contributed by atoms with E-state index < -0.39 is 11.9 Å². The number of fused-ring (bicyclic) bond motifs is 1. The third kappa shape index (κ3) is 3.43. The van der Waals surface area contributed by atoms with Crippen molar-refractivity contribution in [3.63, 3.8) is 0 Å². The van der Waals surface area contributed by atoms with Crippen LogP contribution in [0.3, 0.4) is 0 Å². The highest BCUT2D eigenvalue weighted by Gasteiger charge is 2.36. The van der Waals surface area contributed by atoms with Gasteiger partial charge in [0.05, 0.1) is 5.69 Å². The van der Waals surface area contributed by atoms with Crippen molar-refractivity contribution in [2.24, 2.45) is 0 Å². The fourth-order valence-corrected chi connectivity index (χ4v) is 3.40. The summed E-state index contributed by atoms with van der Waals surface area (Å²) in [6.07, 6.45) is -2.86. The summed E-state index contributed by atoms with van der Waals surface area (Å²) >= 11 is 3.30. The fourth-order valence-electron chi connectivity index (χ4n) is 3.13. The van der Waals surface area contributed by atoms with E-state index in [1.165, 1.54) is 6.07 Å². The zero-order valence-electron chi connectivity index (χ0n) is 14.0. The van der Waals surface area contributed by atoms with Crippen molar-refractivity contribution in [2.45, 2.75) is 19.0 Å². The number of hydrogen-bond donors (Lipinski definition) is 0. The Kier molecular flexibility index (Phi) is 4.41. The highest BCUT2D eigenvalue weighted by atomic mass is 79.9. The van der Waals surface area contributed by atoms with Crippen LogP contribution >= 0.6 is 15.9 Å². The molecule has 0 unspecified atom stereocenters. The van der Waals surface area contributed by atoms with Gasteiger partial charge in [-0.15, -0.1) is 0 Å². The normalized spacial score (nSPS) is 14.9. The Morgan fingerprint density at radius 1 is 1.07 bits per heavy atom. The maximum Gasteiger partial charge on any atom is 0.433 e. The summed E-state index contributed by atoms with van der Waals surface area (Å²) in [6.45, 7) is 1.19. The van der Waals surface area contributed by atoms with Crippen LogP contribution in [0.5, 0.6) is 0 Å². The molecule has 4 rings (SSSR count). The largest absolute Gasteiger partial charge is 0.433 e. The molecule has 140 valence electrons. The van der Waals surface area contributed by atoms with Gasteiger partial charge < -0.3 is 4.90 Å². The third-order valence-corrected chi connectivity index (χ3v) is 5.00. The molecular formula is C18H14BrF3N4O. The van der Waals surface area contributed by atoms with Crippen molar-refractivity contribution in [3.05, 3.63) is 52.3 Å². The molecule has 1 saturated heterocycles. The van der Waals surface area contributed by atoms with Crippen molar-refractivity contribution in [2.75, 3.05) is 13.1 Å². The van der Waals surface area contributed by atoms with E-state index in [9.17, 15) is 18.0 Å². The maximum absolute atomic E-state index is 13.6. The highest BCUT2D eigenvalue weighted by Crippen LogP contribution is 2.32. The Hall–Kier alpha value is -2.42. The molecule has 1 aliphatic heterocycles. The average Bonchev–Trinajstić information content (AvgIpc) is 3.29. The average molecular weight is 439 g/mol. The Morgan fingerprint density at radius 2 is 1.74 bits per heavy atom. The van der Waals surface area contributed by atoms with Crippen molar-refractivity contribution < 1.29 is 18.0 Å². The fraction of sp³-hybridized carbons (Fsp3) is 0.278. The SMILES string of the molecule is O=C(c1cc2nc(-c3ccc(Br)cc3)cc(C(F)(F)F)n2n1)N1CCCC1. The van der Waals surface area contributed by atoms with Gasteiger partial charge in [0.1, 0.15) is 0 Å². The van der Waals surface area contributed by atoms with E-state index in [1.807, 2.05) is 0 Å². The Balaban J connectivity index is 1.85. The summed E-state index contributed by atoms with van der Waals surface area (Å²) in [5, 5.41) is 3.91. The number of amides is 1. The van der Waals surface area contributed by atoms with Crippen LogP contribution in [0, 0.1) is 0 Å². The van der Waals surface area contributed by atoms with E-state index in [0.717, 1.165) is 23.4 Å². The number of carbonyl (C=O) groups excluding carboxylic acids is 1. The molecule has 0 saturated carbocycles. The van der Waals surface area contributed by atoms with Gasteiger partial charge in [-0.2, -0.15) is 18.3 Å². The third-order valence-electron chi connectivity index (χ3n) is 4.47. The summed E-state index contributed by atoms with van der Waals surface area (Å²) in [6, 6.07) is 9.08. The lowest BCUT2D eigenvalue weighted by Gasteiger charge is -2.13. The van der Waals surface area contributed by atoms with Crippen molar-refractivity contribution in [1.29, 1.82) is 0 Å². The van der Waals surface area contributed by atoms with Crippen LogP contribution in [0.25, 0.3) is 16.9 Å². The Bertz CT molecular complexity index is 1010. The number of nitrogens with zero attached hydrogens (tertiary/aromatic N) is 4. The van der Waals surface area contributed by atoms with Crippen LogP contribution < -0.4 is 0 Å². The maximum atomic E-state index is 13.6. The monoisotopic (exact) mass is 438 g/mol. The van der Waals surface area contributed by atoms with E-state index in [0.29, 0.717) is 23.2 Å². The molecule has 3 heterocycles. The number of rotatable bonds is 2. The second-order valence-electron chi connectivity index (χ2n) is 6.33. The van der Waals surface area contributed by atoms with Crippen molar-refractivity contribution in [1.82, 2.24) is 19.5 Å². The molecule has 9 heteroatoms. The van der Waals surface area contributed by atoms with E-state index in [1.54, 1.807) is 29.2 Å². The van der Waals surface area contributed by atoms with Gasteiger partial charge in [0, 0.05) is 29.2 Å². The molecule has 0 radical (unpaired) electrons. The number of alkyl halides is 3. The summed E-state index contributed by atoms with van der Waals surface area (Å²) in [5.74, 6) is -0.365. The molecule has 2 aromatic heterocycles. The minimum absolute atomic E-state index is 0.00899. The number of benzene rings is 1. The van der Waals surface area contributed by atoms with Gasteiger partial charge in [-0.3, -0.25) is 4.79 Å². The zero-order valence-corrected chi connectivity index (χ0v) is 15.6. The predicted molar refractivity (Wildman–Crippen MR) is 96.3 cm³/mol. The number of likely N-dealkylation sites (tertiary alicyclic amines) is 1. The van der Waals surface area contributed by atoms with Gasteiger partial charge in [-0.25, -0.2) is 9.50 Å². The number of hydrogen-bond acceptors (Lipinski definition) is 3. The lowest BCUT2D eigenvalue weighted by atomic mass is 10.1. The summed E-state index contributed by atoms with van der Waals surface area (Å²) < 4.78 is 42.3. The summed E-state index contributed by atoms with van der Waals surface area (Å²) in [4.78, 5) is 18.4. The number of carbonyl (C=O) groups is 1. The second-order valence-corrected chi connectivity index (χ2v) is 7.25. The van der Waals surface area contributed by atoms with Crippen molar-refractivity contribution >= 4 is 27.5 Å². The quantitative estimate of drug-likeness (QED) is 0.595. The van der Waals surface area contributed by atoms with Gasteiger partial charge in [-0.05, 0) is 31.0 Å². The lowest BCUT2D eigenvalue weighted by Crippen LogP contribution is -2.28. The minimum Gasteiger partial charge on any atom is -0.337 e. The molecule has 3 aromatic rings. The van der Waals surface area contributed by atoms with E-state index >= 15 is 0 Å². The molecule has 1 fully saturated rings. The first-order valence-corrected chi connectivity index (χ1v) is 9.15. The summed E-state index contributed by atoms with van der Waals surface area (Å²) in [5.41, 5.74) is -0.291. The molecule has 0 N–H and O–H groups in total. The van der Waals surface area contributed by atoms with Gasteiger partial charge in [0.2, 0.25) is 0 Å². The van der Waals surface area contributed by atoms with Gasteiger partial charge in [0.15, 0.2) is 17.0 Å². The Labute approximate surface area is 160 Å². The first-order chi connectivity index (χ1) is 12.8. The predicted octanol–water partition coefficient (Wildman–Crippen LogP) is 4.41. The molecule has 0 spiro atoms. The van der Waals surface area contributed by atoms with Crippen LogP contribution in [0.1, 0.15) is 29.0 Å². The highest BCUT2D eigenvalue weighted by molar-refractivity contribution is 9.10. The molecule has 5 nitrogen and oxygen atoms in total. The van der Waals surface area contributed by atoms with Crippen molar-refractivity contribution in [3.8, 4) is 11.3 Å². The molecule has 0 atom stereocenters. The zero-order chi connectivity index (χ0) is 19.2. The molecular weight excluding hydrogens is 425 g/mol. The van der Waals surface area contributed by atoms with E-state index in [2.05, 4.69) is 26.0 Å². The molecule has 1 aliphatic rings. The van der Waals surface area contributed by atoms with E-state index in [-0.39, 0.29) is 22.9 Å². The van der Waals surface area contributed by atoms with Gasteiger partial charge in [-0.1, -0.05) is 28.1 Å². The molecule has 1 aromatic carbocycles. The molecule has 0 aliphatic carbocycles. The molecule has 1 amide bonds. The van der Waals surface area contributed by atoms with Crippen LogP contribution in [0.15, 0.2) is 40.9 Å². The van der Waals surface area contributed by atoms with Crippen LogP contribution in [0.4, 0.5) is 13.2 Å².